The Morgan fingerprint density at radius 2 is 1.95 bits per heavy atom. The van der Waals surface area contributed by atoms with Crippen molar-refractivity contribution in [3.63, 3.8) is 0 Å². The van der Waals surface area contributed by atoms with E-state index in [0.29, 0.717) is 18.8 Å². The number of nitroso groups, excluding NO2 is 1. The van der Waals surface area contributed by atoms with Crippen molar-refractivity contribution >= 4 is 33.9 Å². The SMILES string of the molecule is CCCN(CCCS(=O)(=O)O)c1ccc(N=O)c(O)c1.Cl. The molecule has 1 aromatic carbocycles. The molecule has 120 valence electrons. The molecule has 0 spiro atoms. The maximum atomic E-state index is 10.7. The Morgan fingerprint density at radius 3 is 2.43 bits per heavy atom. The van der Waals surface area contributed by atoms with Crippen LogP contribution in [0.15, 0.2) is 23.4 Å². The molecule has 0 aromatic heterocycles. The number of anilines is 1. The summed E-state index contributed by atoms with van der Waals surface area (Å²) < 4.78 is 30.1. The van der Waals surface area contributed by atoms with E-state index >= 15 is 0 Å². The normalized spacial score (nSPS) is 10.8. The smallest absolute Gasteiger partial charge is 0.264 e. The molecular formula is C12H19ClN2O5S. The fourth-order valence-corrected chi connectivity index (χ4v) is 2.36. The van der Waals surface area contributed by atoms with Crippen LogP contribution in [0.4, 0.5) is 11.4 Å². The van der Waals surface area contributed by atoms with E-state index in [1.807, 2.05) is 11.8 Å². The van der Waals surface area contributed by atoms with Crippen LogP contribution in [0, 0.1) is 4.91 Å². The van der Waals surface area contributed by atoms with Gasteiger partial charge in [0.2, 0.25) is 0 Å². The highest BCUT2D eigenvalue weighted by atomic mass is 35.5. The number of hydrogen-bond acceptors (Lipinski definition) is 6. The van der Waals surface area contributed by atoms with Crippen LogP contribution in [0.25, 0.3) is 0 Å². The number of aromatic hydroxyl groups is 1. The zero-order valence-electron chi connectivity index (χ0n) is 11.6. The van der Waals surface area contributed by atoms with E-state index in [9.17, 15) is 18.4 Å². The Balaban J connectivity index is 0.00000400. The molecular weight excluding hydrogens is 320 g/mol. The first kappa shape index (κ1) is 19.6. The van der Waals surface area contributed by atoms with Gasteiger partial charge in [-0.3, -0.25) is 4.55 Å². The molecule has 9 heteroatoms. The van der Waals surface area contributed by atoms with Crippen molar-refractivity contribution in [3.8, 4) is 5.75 Å². The van der Waals surface area contributed by atoms with Gasteiger partial charge in [0.1, 0.15) is 11.4 Å². The summed E-state index contributed by atoms with van der Waals surface area (Å²) in [6.07, 6.45) is 1.10. The van der Waals surface area contributed by atoms with Crippen LogP contribution in [0.2, 0.25) is 0 Å². The van der Waals surface area contributed by atoms with E-state index in [4.69, 9.17) is 4.55 Å². The second-order valence-corrected chi connectivity index (χ2v) is 5.96. The lowest BCUT2D eigenvalue weighted by Crippen LogP contribution is -2.26. The summed E-state index contributed by atoms with van der Waals surface area (Å²) in [6.45, 7) is 3.05. The van der Waals surface area contributed by atoms with Gasteiger partial charge in [0, 0.05) is 24.8 Å². The summed E-state index contributed by atoms with van der Waals surface area (Å²) in [6, 6.07) is 4.46. The molecule has 0 amide bonds. The van der Waals surface area contributed by atoms with Gasteiger partial charge < -0.3 is 10.0 Å². The third-order valence-electron chi connectivity index (χ3n) is 2.75. The molecule has 0 bridgehead atoms. The maximum Gasteiger partial charge on any atom is 0.264 e. The van der Waals surface area contributed by atoms with Gasteiger partial charge in [-0.2, -0.15) is 8.42 Å². The summed E-state index contributed by atoms with van der Waals surface area (Å²) in [5, 5.41) is 12.3. The minimum absolute atomic E-state index is 0. The highest BCUT2D eigenvalue weighted by molar-refractivity contribution is 7.85. The van der Waals surface area contributed by atoms with Crippen LogP contribution in [-0.4, -0.2) is 36.9 Å². The van der Waals surface area contributed by atoms with Gasteiger partial charge in [-0.25, -0.2) is 0 Å². The van der Waals surface area contributed by atoms with E-state index < -0.39 is 10.1 Å². The van der Waals surface area contributed by atoms with Crippen molar-refractivity contribution in [2.24, 2.45) is 5.18 Å². The molecule has 0 heterocycles. The monoisotopic (exact) mass is 338 g/mol. The summed E-state index contributed by atoms with van der Waals surface area (Å²) >= 11 is 0. The second kappa shape index (κ2) is 8.81. The molecule has 1 aromatic rings. The van der Waals surface area contributed by atoms with E-state index in [1.165, 1.54) is 12.1 Å². The minimum atomic E-state index is -3.97. The summed E-state index contributed by atoms with van der Waals surface area (Å²) in [4.78, 5) is 12.3. The Morgan fingerprint density at radius 1 is 1.29 bits per heavy atom. The highest BCUT2D eigenvalue weighted by Crippen LogP contribution is 2.30. The van der Waals surface area contributed by atoms with Gasteiger partial charge in [0.05, 0.1) is 5.75 Å². The number of nitrogens with zero attached hydrogens (tertiary/aromatic N) is 2. The molecule has 0 saturated heterocycles. The van der Waals surface area contributed by atoms with Gasteiger partial charge in [0.25, 0.3) is 10.1 Å². The van der Waals surface area contributed by atoms with Gasteiger partial charge in [-0.15, -0.1) is 17.3 Å². The highest BCUT2D eigenvalue weighted by Gasteiger charge is 2.11. The molecule has 0 aliphatic carbocycles. The predicted molar refractivity (Wildman–Crippen MR) is 84.3 cm³/mol. The number of phenolic OH excluding ortho intramolecular Hbond substituents is 1. The molecule has 0 fully saturated rings. The molecule has 1 rings (SSSR count). The van der Waals surface area contributed by atoms with Gasteiger partial charge in [-0.1, -0.05) is 6.92 Å². The molecule has 0 radical (unpaired) electrons. The largest absolute Gasteiger partial charge is 0.505 e. The Labute approximate surface area is 130 Å². The second-order valence-electron chi connectivity index (χ2n) is 4.39. The van der Waals surface area contributed by atoms with Crippen LogP contribution in [0.5, 0.6) is 5.75 Å². The van der Waals surface area contributed by atoms with Crippen molar-refractivity contribution < 1.29 is 18.1 Å². The van der Waals surface area contributed by atoms with Crippen molar-refractivity contribution in [3.05, 3.63) is 23.1 Å². The van der Waals surface area contributed by atoms with E-state index in [-0.39, 0.29) is 36.0 Å². The number of phenols is 1. The summed E-state index contributed by atoms with van der Waals surface area (Å²) in [7, 11) is -3.97. The minimum Gasteiger partial charge on any atom is -0.505 e. The average Bonchev–Trinajstić information content (AvgIpc) is 2.36. The van der Waals surface area contributed by atoms with Gasteiger partial charge >= 0.3 is 0 Å². The third-order valence-corrected chi connectivity index (χ3v) is 3.55. The van der Waals surface area contributed by atoms with E-state index in [2.05, 4.69) is 5.18 Å². The fourth-order valence-electron chi connectivity index (χ4n) is 1.86. The summed E-state index contributed by atoms with van der Waals surface area (Å²) in [5.74, 6) is -0.527. The molecule has 0 atom stereocenters. The molecule has 2 N–H and O–H groups in total. The molecule has 0 aliphatic rings. The maximum absolute atomic E-state index is 10.7. The Bertz CT molecular complexity index is 565. The molecule has 7 nitrogen and oxygen atoms in total. The van der Waals surface area contributed by atoms with E-state index in [1.54, 1.807) is 6.07 Å². The standard InChI is InChI=1S/C12H18N2O5S.ClH/c1-2-6-14(7-3-8-20(17,18)19)10-4-5-11(13-16)12(15)9-10;/h4-5,9,15H,2-3,6-8H2,1H3,(H,17,18,19);1H. The van der Waals surface area contributed by atoms with Crippen LogP contribution in [-0.2, 0) is 10.1 Å². The van der Waals surface area contributed by atoms with Crippen LogP contribution in [0.1, 0.15) is 19.8 Å². The lowest BCUT2D eigenvalue weighted by molar-refractivity contribution is 0.475. The fraction of sp³-hybridized carbons (Fsp3) is 0.500. The third kappa shape index (κ3) is 6.74. The average molecular weight is 339 g/mol. The first-order valence-electron chi connectivity index (χ1n) is 6.24. The molecule has 0 saturated carbocycles. The topological polar surface area (TPSA) is 107 Å². The van der Waals surface area contributed by atoms with Crippen LogP contribution < -0.4 is 4.90 Å². The number of hydrogen-bond donors (Lipinski definition) is 2. The van der Waals surface area contributed by atoms with Gasteiger partial charge in [0.15, 0.2) is 0 Å². The van der Waals surface area contributed by atoms with Gasteiger partial charge in [-0.05, 0) is 30.2 Å². The number of halogens is 1. The predicted octanol–water partition coefficient (Wildman–Crippen LogP) is 2.71. The molecule has 0 unspecified atom stereocenters. The van der Waals surface area contributed by atoms with E-state index in [0.717, 1.165) is 6.42 Å². The first-order chi connectivity index (χ1) is 9.37. The summed E-state index contributed by atoms with van der Waals surface area (Å²) in [5.41, 5.74) is 0.634. The zero-order chi connectivity index (χ0) is 15.2. The first-order valence-corrected chi connectivity index (χ1v) is 7.84. The van der Waals surface area contributed by atoms with Crippen LogP contribution >= 0.6 is 12.4 Å². The van der Waals surface area contributed by atoms with Crippen molar-refractivity contribution in [1.29, 1.82) is 0 Å². The Hall–Kier alpha value is -1.38. The van der Waals surface area contributed by atoms with Crippen molar-refractivity contribution in [2.75, 3.05) is 23.7 Å². The van der Waals surface area contributed by atoms with Crippen molar-refractivity contribution in [1.82, 2.24) is 0 Å². The molecule has 21 heavy (non-hydrogen) atoms. The lowest BCUT2D eigenvalue weighted by atomic mass is 10.2. The Kier molecular flexibility index (Phi) is 8.23. The zero-order valence-corrected chi connectivity index (χ0v) is 13.2. The lowest BCUT2D eigenvalue weighted by Gasteiger charge is -2.24. The van der Waals surface area contributed by atoms with Crippen LogP contribution in [0.3, 0.4) is 0 Å². The van der Waals surface area contributed by atoms with Crippen molar-refractivity contribution in [2.45, 2.75) is 19.8 Å². The molecule has 0 aliphatic heterocycles. The number of rotatable bonds is 8. The number of benzene rings is 1. The quantitative estimate of drug-likeness (QED) is 0.557.